The van der Waals surface area contributed by atoms with E-state index in [0.29, 0.717) is 28.8 Å². The van der Waals surface area contributed by atoms with Crippen LogP contribution in [0.5, 0.6) is 11.5 Å². The lowest BCUT2D eigenvalue weighted by atomic mass is 10.2. The zero-order valence-electron chi connectivity index (χ0n) is 13.5. The van der Waals surface area contributed by atoms with Crippen molar-refractivity contribution in [3.63, 3.8) is 0 Å². The minimum Gasteiger partial charge on any atom is -0.491 e. The Morgan fingerprint density at radius 1 is 1.12 bits per heavy atom. The molecule has 24 heavy (non-hydrogen) atoms. The quantitative estimate of drug-likeness (QED) is 0.732. The number of carbonyl (C=O) groups excluding carboxylic acids is 1. The third-order valence-corrected chi connectivity index (χ3v) is 4.00. The van der Waals surface area contributed by atoms with Crippen LogP contribution in [0.1, 0.15) is 20.3 Å². The number of amides is 1. The zero-order chi connectivity index (χ0) is 17.5. The number of ether oxygens (including phenoxy) is 2. The van der Waals surface area contributed by atoms with Crippen molar-refractivity contribution >= 4 is 34.8 Å². The number of rotatable bonds is 7. The van der Waals surface area contributed by atoms with Crippen LogP contribution in [0.25, 0.3) is 0 Å². The molecule has 1 atom stereocenters. The molecule has 2 rings (SSSR count). The van der Waals surface area contributed by atoms with E-state index in [2.05, 4.69) is 5.32 Å². The summed E-state index contributed by atoms with van der Waals surface area (Å²) in [5, 5.41) is 3.47. The fourth-order valence-electron chi connectivity index (χ4n) is 1.96. The van der Waals surface area contributed by atoms with Crippen molar-refractivity contribution < 1.29 is 14.3 Å². The predicted octanol–water partition coefficient (Wildman–Crippen LogP) is 5.19. The van der Waals surface area contributed by atoms with Crippen molar-refractivity contribution in [1.29, 1.82) is 0 Å². The topological polar surface area (TPSA) is 47.6 Å². The van der Waals surface area contributed by atoms with Gasteiger partial charge in [-0.1, -0.05) is 48.3 Å². The van der Waals surface area contributed by atoms with E-state index in [1.165, 1.54) is 0 Å². The van der Waals surface area contributed by atoms with Gasteiger partial charge >= 0.3 is 0 Å². The number of hydrogen-bond acceptors (Lipinski definition) is 3. The van der Waals surface area contributed by atoms with Crippen molar-refractivity contribution in [3.05, 3.63) is 52.5 Å². The second-order valence-electron chi connectivity index (χ2n) is 5.15. The molecular formula is C18H19Cl2NO3. The third kappa shape index (κ3) is 4.79. The summed E-state index contributed by atoms with van der Waals surface area (Å²) in [7, 11) is 0. The summed E-state index contributed by atoms with van der Waals surface area (Å²) < 4.78 is 11.2. The van der Waals surface area contributed by atoms with E-state index in [-0.39, 0.29) is 10.9 Å². The van der Waals surface area contributed by atoms with E-state index in [1.807, 2.05) is 25.1 Å². The molecule has 1 amide bonds. The van der Waals surface area contributed by atoms with Crippen LogP contribution in [-0.2, 0) is 4.79 Å². The Morgan fingerprint density at radius 3 is 2.58 bits per heavy atom. The van der Waals surface area contributed by atoms with Gasteiger partial charge in [0.2, 0.25) is 0 Å². The third-order valence-electron chi connectivity index (χ3n) is 3.20. The van der Waals surface area contributed by atoms with E-state index < -0.39 is 6.10 Å². The summed E-state index contributed by atoms with van der Waals surface area (Å²) in [5.41, 5.74) is 0.601. The smallest absolute Gasteiger partial charge is 0.265 e. The predicted molar refractivity (Wildman–Crippen MR) is 97.4 cm³/mol. The molecule has 0 saturated heterocycles. The first kappa shape index (κ1) is 18.4. The molecule has 4 nitrogen and oxygen atoms in total. The summed E-state index contributed by atoms with van der Waals surface area (Å²) >= 11 is 12.0. The van der Waals surface area contributed by atoms with Crippen molar-refractivity contribution in [1.82, 2.24) is 0 Å². The lowest BCUT2D eigenvalue weighted by Crippen LogP contribution is -2.30. The van der Waals surface area contributed by atoms with Gasteiger partial charge in [-0.05, 0) is 37.6 Å². The molecule has 0 spiro atoms. The van der Waals surface area contributed by atoms with Gasteiger partial charge in [0, 0.05) is 0 Å². The molecule has 1 unspecified atom stereocenters. The van der Waals surface area contributed by atoms with Crippen LogP contribution in [0.15, 0.2) is 42.5 Å². The van der Waals surface area contributed by atoms with E-state index in [1.54, 1.807) is 31.2 Å². The molecule has 2 aromatic rings. The summed E-state index contributed by atoms with van der Waals surface area (Å²) in [6.07, 6.45) is 0.134. The van der Waals surface area contributed by atoms with Crippen molar-refractivity contribution in [2.45, 2.75) is 26.4 Å². The first-order valence-electron chi connectivity index (χ1n) is 7.66. The highest BCUT2D eigenvalue weighted by Crippen LogP contribution is 2.32. The molecule has 0 bridgehead atoms. The van der Waals surface area contributed by atoms with Gasteiger partial charge in [-0.2, -0.15) is 0 Å². The molecule has 0 fully saturated rings. The minimum atomic E-state index is -0.750. The fraction of sp³-hybridized carbons (Fsp3) is 0.278. The lowest BCUT2D eigenvalue weighted by molar-refractivity contribution is -0.122. The number of anilines is 1. The molecule has 0 heterocycles. The Balaban J connectivity index is 2.05. The number of hydrogen-bond donors (Lipinski definition) is 1. The highest BCUT2D eigenvalue weighted by molar-refractivity contribution is 6.42. The van der Waals surface area contributed by atoms with Crippen LogP contribution >= 0.6 is 23.2 Å². The van der Waals surface area contributed by atoms with Gasteiger partial charge in [-0.25, -0.2) is 0 Å². The Kier molecular flexibility index (Phi) is 6.76. The molecule has 0 radical (unpaired) electrons. The fourth-order valence-corrected chi connectivity index (χ4v) is 2.30. The van der Waals surface area contributed by atoms with Crippen LogP contribution in [-0.4, -0.2) is 18.6 Å². The molecule has 2 aromatic carbocycles. The molecule has 128 valence electrons. The van der Waals surface area contributed by atoms with Crippen LogP contribution in [0.3, 0.4) is 0 Å². The molecular weight excluding hydrogens is 349 g/mol. The summed E-state index contributed by atoms with van der Waals surface area (Å²) in [6, 6.07) is 12.3. The van der Waals surface area contributed by atoms with Gasteiger partial charge in [0.15, 0.2) is 6.10 Å². The standard InChI is InChI=1S/C18H19Cl2NO3/c1-3-11-23-15-9-5-4-8-14(15)21-18(22)12(2)24-16-10-6-7-13(19)17(16)20/h4-10,12H,3,11H2,1-2H3,(H,21,22). The van der Waals surface area contributed by atoms with Gasteiger partial charge < -0.3 is 14.8 Å². The molecule has 6 heteroatoms. The highest BCUT2D eigenvalue weighted by Gasteiger charge is 2.18. The molecule has 1 N–H and O–H groups in total. The average Bonchev–Trinajstić information content (AvgIpc) is 2.58. The number of para-hydroxylation sites is 2. The van der Waals surface area contributed by atoms with E-state index >= 15 is 0 Å². The minimum absolute atomic E-state index is 0.283. The monoisotopic (exact) mass is 367 g/mol. The molecule has 0 aliphatic rings. The van der Waals surface area contributed by atoms with E-state index in [0.717, 1.165) is 6.42 Å². The molecule has 0 saturated carbocycles. The molecule has 0 aromatic heterocycles. The lowest BCUT2D eigenvalue weighted by Gasteiger charge is -2.17. The maximum absolute atomic E-state index is 12.4. The largest absolute Gasteiger partial charge is 0.491 e. The zero-order valence-corrected chi connectivity index (χ0v) is 15.0. The van der Waals surface area contributed by atoms with Gasteiger partial charge in [0.25, 0.3) is 5.91 Å². The Hall–Kier alpha value is -1.91. The van der Waals surface area contributed by atoms with Gasteiger partial charge in [0.05, 0.1) is 17.3 Å². The number of benzene rings is 2. The second-order valence-corrected chi connectivity index (χ2v) is 5.93. The number of carbonyl (C=O) groups is 1. The van der Waals surface area contributed by atoms with Crippen LogP contribution < -0.4 is 14.8 Å². The SMILES string of the molecule is CCCOc1ccccc1NC(=O)C(C)Oc1cccc(Cl)c1Cl. The second kappa shape index (κ2) is 8.81. The Bertz CT molecular complexity index is 706. The van der Waals surface area contributed by atoms with Gasteiger partial charge in [0.1, 0.15) is 16.5 Å². The molecule has 0 aliphatic heterocycles. The van der Waals surface area contributed by atoms with Crippen LogP contribution in [0.2, 0.25) is 10.0 Å². The number of halogens is 2. The molecule has 0 aliphatic carbocycles. The maximum atomic E-state index is 12.4. The van der Waals surface area contributed by atoms with Gasteiger partial charge in [-0.15, -0.1) is 0 Å². The first-order valence-corrected chi connectivity index (χ1v) is 8.42. The number of nitrogens with one attached hydrogen (secondary N) is 1. The van der Waals surface area contributed by atoms with Crippen molar-refractivity contribution in [2.75, 3.05) is 11.9 Å². The average molecular weight is 368 g/mol. The van der Waals surface area contributed by atoms with Gasteiger partial charge in [-0.3, -0.25) is 4.79 Å². The summed E-state index contributed by atoms with van der Waals surface area (Å²) in [5.74, 6) is 0.682. The first-order chi connectivity index (χ1) is 11.5. The van der Waals surface area contributed by atoms with E-state index in [9.17, 15) is 4.79 Å². The maximum Gasteiger partial charge on any atom is 0.265 e. The summed E-state index contributed by atoms with van der Waals surface area (Å²) in [4.78, 5) is 12.4. The normalized spacial score (nSPS) is 11.7. The summed E-state index contributed by atoms with van der Waals surface area (Å²) in [6.45, 7) is 4.24. The highest BCUT2D eigenvalue weighted by atomic mass is 35.5. The van der Waals surface area contributed by atoms with Crippen LogP contribution in [0, 0.1) is 0 Å². The van der Waals surface area contributed by atoms with E-state index in [4.69, 9.17) is 32.7 Å². The van der Waals surface area contributed by atoms with Crippen molar-refractivity contribution in [3.8, 4) is 11.5 Å². The van der Waals surface area contributed by atoms with Crippen LogP contribution in [0.4, 0.5) is 5.69 Å². The Labute approximate surface area is 151 Å². The van der Waals surface area contributed by atoms with Crippen molar-refractivity contribution in [2.24, 2.45) is 0 Å². The Morgan fingerprint density at radius 2 is 1.83 bits per heavy atom.